The Morgan fingerprint density at radius 2 is 2.21 bits per heavy atom. The van der Waals surface area contributed by atoms with Crippen LogP contribution in [0.4, 0.5) is 0 Å². The van der Waals surface area contributed by atoms with Gasteiger partial charge in [0.25, 0.3) is 5.91 Å². The number of fused-ring (bicyclic) bond motifs is 1. The van der Waals surface area contributed by atoms with E-state index < -0.39 is 0 Å². The highest BCUT2D eigenvalue weighted by molar-refractivity contribution is 6.00. The average Bonchev–Trinajstić information content (AvgIpc) is 3.32. The number of hydrogen-bond acceptors (Lipinski definition) is 5. The lowest BCUT2D eigenvalue weighted by Gasteiger charge is -2.21. The summed E-state index contributed by atoms with van der Waals surface area (Å²) in [5.74, 6) is 1.37. The van der Waals surface area contributed by atoms with Gasteiger partial charge >= 0.3 is 0 Å². The number of carbonyl (C=O) groups excluding carboxylic acids is 1. The topological polar surface area (TPSA) is 81.5 Å². The molecule has 1 atom stereocenters. The van der Waals surface area contributed by atoms with E-state index in [2.05, 4.69) is 15.2 Å². The van der Waals surface area contributed by atoms with Crippen LogP contribution >= 0.6 is 0 Å². The van der Waals surface area contributed by atoms with Crippen LogP contribution in [-0.2, 0) is 7.05 Å². The third-order valence-corrected chi connectivity index (χ3v) is 4.54. The van der Waals surface area contributed by atoms with Crippen molar-refractivity contribution in [3.05, 3.63) is 35.9 Å². The minimum atomic E-state index is -0.160. The molecule has 0 unspecified atom stereocenters. The number of nitrogens with zero attached hydrogens (tertiary/aromatic N) is 6. The van der Waals surface area contributed by atoms with Crippen molar-refractivity contribution in [3.63, 3.8) is 0 Å². The van der Waals surface area contributed by atoms with Gasteiger partial charge in [-0.25, -0.2) is 4.52 Å². The minimum absolute atomic E-state index is 0.0430. The van der Waals surface area contributed by atoms with E-state index in [0.29, 0.717) is 23.8 Å². The molecule has 126 valence electrons. The van der Waals surface area contributed by atoms with Gasteiger partial charge in [-0.1, -0.05) is 19.0 Å². The molecule has 4 heterocycles. The molecule has 8 heteroatoms. The average molecular weight is 328 g/mol. The monoisotopic (exact) mass is 328 g/mol. The molecule has 0 radical (unpaired) electrons. The molecule has 0 N–H and O–H groups in total. The Balaban J connectivity index is 1.66. The molecule has 4 rings (SSSR count). The number of hydrogen-bond donors (Lipinski definition) is 0. The second-order valence-electron chi connectivity index (χ2n) is 6.54. The van der Waals surface area contributed by atoms with E-state index in [0.717, 1.165) is 18.5 Å². The third kappa shape index (κ3) is 2.21. The van der Waals surface area contributed by atoms with Crippen molar-refractivity contribution in [1.29, 1.82) is 0 Å². The maximum absolute atomic E-state index is 13.1. The van der Waals surface area contributed by atoms with E-state index in [1.54, 1.807) is 10.7 Å². The van der Waals surface area contributed by atoms with Gasteiger partial charge in [0.05, 0.1) is 6.20 Å². The van der Waals surface area contributed by atoms with Gasteiger partial charge < -0.3 is 14.0 Å². The van der Waals surface area contributed by atoms with E-state index in [-0.39, 0.29) is 17.9 Å². The summed E-state index contributed by atoms with van der Waals surface area (Å²) in [5, 5.41) is 8.28. The van der Waals surface area contributed by atoms with Gasteiger partial charge in [-0.05, 0) is 12.8 Å². The maximum atomic E-state index is 13.1. The fourth-order valence-electron chi connectivity index (χ4n) is 3.24. The zero-order chi connectivity index (χ0) is 16.8. The second-order valence-corrected chi connectivity index (χ2v) is 6.54. The van der Waals surface area contributed by atoms with Gasteiger partial charge in [0, 0.05) is 31.9 Å². The Bertz CT molecular complexity index is 890. The van der Waals surface area contributed by atoms with E-state index in [9.17, 15) is 4.79 Å². The number of imidazole rings is 1. The van der Waals surface area contributed by atoms with Gasteiger partial charge in [0.1, 0.15) is 17.3 Å². The van der Waals surface area contributed by atoms with Crippen molar-refractivity contribution < 1.29 is 9.32 Å². The maximum Gasteiger partial charge on any atom is 0.259 e. The normalized spacial score (nSPS) is 18.2. The number of amides is 1. The minimum Gasteiger partial charge on any atom is -0.337 e. The Morgan fingerprint density at radius 3 is 2.96 bits per heavy atom. The van der Waals surface area contributed by atoms with Gasteiger partial charge in [-0.15, -0.1) is 0 Å². The molecule has 8 nitrogen and oxygen atoms in total. The standard InChI is InChI=1S/C16H20N6O2/c1-10(2)13-18-14(24-19-13)12-5-4-6-21(12)16(23)11-9-17-22-8-7-20(3)15(11)22/h7-10,12H,4-6H2,1-3H3/t12-/m0/s1. The van der Waals surface area contributed by atoms with Crippen LogP contribution in [-0.4, -0.2) is 41.7 Å². The first-order chi connectivity index (χ1) is 11.6. The summed E-state index contributed by atoms with van der Waals surface area (Å²) in [6, 6.07) is -0.160. The number of aryl methyl sites for hydroxylation is 1. The molecule has 1 fully saturated rings. The molecular formula is C16H20N6O2. The Hall–Kier alpha value is -2.64. The van der Waals surface area contributed by atoms with E-state index in [1.807, 2.05) is 42.8 Å². The molecule has 24 heavy (non-hydrogen) atoms. The lowest BCUT2D eigenvalue weighted by atomic mass is 10.2. The van der Waals surface area contributed by atoms with Crippen LogP contribution in [0.25, 0.3) is 5.65 Å². The predicted molar refractivity (Wildman–Crippen MR) is 85.6 cm³/mol. The molecule has 0 spiro atoms. The Labute approximate surface area is 139 Å². The first kappa shape index (κ1) is 14.9. The number of likely N-dealkylation sites (tertiary alicyclic amines) is 1. The summed E-state index contributed by atoms with van der Waals surface area (Å²) in [6.07, 6.45) is 7.10. The summed E-state index contributed by atoms with van der Waals surface area (Å²) < 4.78 is 9.03. The van der Waals surface area contributed by atoms with E-state index >= 15 is 0 Å². The first-order valence-electron chi connectivity index (χ1n) is 8.19. The number of carbonyl (C=O) groups is 1. The van der Waals surface area contributed by atoms with Gasteiger partial charge in [-0.2, -0.15) is 10.1 Å². The largest absolute Gasteiger partial charge is 0.337 e. The van der Waals surface area contributed by atoms with Crippen molar-refractivity contribution in [3.8, 4) is 0 Å². The molecule has 1 saturated heterocycles. The van der Waals surface area contributed by atoms with Crippen molar-refractivity contribution >= 4 is 11.6 Å². The first-order valence-corrected chi connectivity index (χ1v) is 8.19. The molecule has 0 bridgehead atoms. The fraction of sp³-hybridized carbons (Fsp3) is 0.500. The van der Waals surface area contributed by atoms with Crippen LogP contribution in [0.15, 0.2) is 23.1 Å². The smallest absolute Gasteiger partial charge is 0.259 e. The molecule has 1 aliphatic rings. The predicted octanol–water partition coefficient (Wildman–Crippen LogP) is 2.16. The molecule has 0 saturated carbocycles. The van der Waals surface area contributed by atoms with Gasteiger partial charge in [-0.3, -0.25) is 4.79 Å². The van der Waals surface area contributed by atoms with Crippen molar-refractivity contribution in [2.45, 2.75) is 38.6 Å². The molecule has 1 amide bonds. The van der Waals surface area contributed by atoms with Crippen LogP contribution in [0, 0.1) is 0 Å². The van der Waals surface area contributed by atoms with E-state index in [1.165, 1.54) is 0 Å². The van der Waals surface area contributed by atoms with Gasteiger partial charge in [0.15, 0.2) is 5.82 Å². The molecule has 3 aromatic rings. The van der Waals surface area contributed by atoms with Crippen LogP contribution < -0.4 is 0 Å². The van der Waals surface area contributed by atoms with Gasteiger partial charge in [0.2, 0.25) is 5.89 Å². The zero-order valence-electron chi connectivity index (χ0n) is 14.0. The van der Waals surface area contributed by atoms with Crippen molar-refractivity contribution in [2.24, 2.45) is 7.05 Å². The second kappa shape index (κ2) is 5.47. The highest BCUT2D eigenvalue weighted by atomic mass is 16.5. The van der Waals surface area contributed by atoms with Crippen LogP contribution in [0.2, 0.25) is 0 Å². The Kier molecular flexibility index (Phi) is 3.40. The van der Waals surface area contributed by atoms with Crippen LogP contribution in [0.3, 0.4) is 0 Å². The molecule has 1 aliphatic heterocycles. The highest BCUT2D eigenvalue weighted by Crippen LogP contribution is 2.33. The quantitative estimate of drug-likeness (QED) is 0.736. The SMILES string of the molecule is CC(C)c1noc([C@@H]2CCCN2C(=O)c2cnn3ccn(C)c23)n1. The zero-order valence-corrected chi connectivity index (χ0v) is 14.0. The lowest BCUT2D eigenvalue weighted by molar-refractivity contribution is 0.0711. The van der Waals surface area contributed by atoms with Crippen molar-refractivity contribution in [1.82, 2.24) is 29.2 Å². The number of rotatable bonds is 3. The van der Waals surface area contributed by atoms with Crippen molar-refractivity contribution in [2.75, 3.05) is 6.54 Å². The molecule has 3 aromatic heterocycles. The third-order valence-electron chi connectivity index (χ3n) is 4.54. The van der Waals surface area contributed by atoms with E-state index in [4.69, 9.17) is 4.52 Å². The molecule has 0 aromatic carbocycles. The molecule has 0 aliphatic carbocycles. The summed E-state index contributed by atoms with van der Waals surface area (Å²) in [4.78, 5) is 19.4. The number of aromatic nitrogens is 5. The lowest BCUT2D eigenvalue weighted by Crippen LogP contribution is -2.30. The highest BCUT2D eigenvalue weighted by Gasteiger charge is 2.36. The summed E-state index contributed by atoms with van der Waals surface area (Å²) >= 11 is 0. The van der Waals surface area contributed by atoms with Crippen LogP contribution in [0.1, 0.15) is 60.7 Å². The van der Waals surface area contributed by atoms with Crippen LogP contribution in [0.5, 0.6) is 0 Å². The Morgan fingerprint density at radius 1 is 1.38 bits per heavy atom. The summed E-state index contributed by atoms with van der Waals surface area (Å²) in [6.45, 7) is 4.72. The summed E-state index contributed by atoms with van der Waals surface area (Å²) in [7, 11) is 1.90. The fourth-order valence-corrected chi connectivity index (χ4v) is 3.24. The molecular weight excluding hydrogens is 308 g/mol. The summed E-state index contributed by atoms with van der Waals surface area (Å²) in [5.41, 5.74) is 1.39.